The monoisotopic (exact) mass is 306 g/mol. The summed E-state index contributed by atoms with van der Waals surface area (Å²) in [7, 11) is 0. The topological polar surface area (TPSA) is 53.6 Å². The van der Waals surface area contributed by atoms with Gasteiger partial charge in [-0.05, 0) is 51.9 Å². The van der Waals surface area contributed by atoms with E-state index in [1.54, 1.807) is 0 Å². The zero-order chi connectivity index (χ0) is 15.0. The maximum atomic E-state index is 9.71. The summed E-state index contributed by atoms with van der Waals surface area (Å²) < 4.78 is 2.00. The Bertz CT molecular complexity index is 570. The summed E-state index contributed by atoms with van der Waals surface area (Å²) in [5.41, 5.74) is 1.62. The second-order valence-corrected chi connectivity index (χ2v) is 6.97. The van der Waals surface area contributed by atoms with Crippen LogP contribution in [0.3, 0.4) is 0 Å². The molecule has 2 atom stereocenters. The van der Waals surface area contributed by atoms with Crippen molar-refractivity contribution in [3.63, 3.8) is 0 Å². The number of nitriles is 1. The first-order chi connectivity index (χ1) is 10.1. The van der Waals surface area contributed by atoms with Crippen LogP contribution in [0.1, 0.15) is 49.9 Å². The first kappa shape index (κ1) is 14.9. The van der Waals surface area contributed by atoms with E-state index in [4.69, 9.17) is 11.6 Å². The van der Waals surface area contributed by atoms with E-state index in [0.717, 1.165) is 48.6 Å². The Kier molecular flexibility index (Phi) is 3.98. The molecule has 1 heterocycles. The first-order valence-electron chi connectivity index (χ1n) is 7.94. The van der Waals surface area contributed by atoms with Crippen LogP contribution < -0.4 is 5.32 Å². The van der Waals surface area contributed by atoms with Crippen LogP contribution >= 0.6 is 11.6 Å². The van der Waals surface area contributed by atoms with Gasteiger partial charge in [-0.1, -0.05) is 18.0 Å². The summed E-state index contributed by atoms with van der Waals surface area (Å²) >= 11 is 6.21. The lowest BCUT2D eigenvalue weighted by Gasteiger charge is -2.30. The molecule has 21 heavy (non-hydrogen) atoms. The molecule has 1 N–H and O–H groups in total. The van der Waals surface area contributed by atoms with E-state index in [9.17, 15) is 5.26 Å². The predicted octanol–water partition coefficient (Wildman–Crippen LogP) is 3.36. The van der Waals surface area contributed by atoms with Crippen LogP contribution in [0.25, 0.3) is 0 Å². The number of nitrogens with one attached hydrogen (secondary N) is 1. The highest BCUT2D eigenvalue weighted by atomic mass is 35.5. The molecule has 2 unspecified atom stereocenters. The maximum Gasteiger partial charge on any atom is 0.109 e. The van der Waals surface area contributed by atoms with Crippen LogP contribution in [0.5, 0.6) is 0 Å². The van der Waals surface area contributed by atoms with Crippen molar-refractivity contribution in [1.82, 2.24) is 15.1 Å². The smallest absolute Gasteiger partial charge is 0.109 e. The highest BCUT2D eigenvalue weighted by molar-refractivity contribution is 6.31. The molecule has 2 aliphatic rings. The number of halogens is 1. The molecule has 0 spiro atoms. The molecule has 0 bridgehead atoms. The average molecular weight is 307 g/mol. The minimum absolute atomic E-state index is 0.305. The minimum Gasteiger partial charge on any atom is -0.296 e. The molecule has 2 saturated carbocycles. The van der Waals surface area contributed by atoms with Gasteiger partial charge in [0.05, 0.1) is 22.5 Å². The van der Waals surface area contributed by atoms with Crippen molar-refractivity contribution in [3.05, 3.63) is 16.4 Å². The zero-order valence-electron chi connectivity index (χ0n) is 12.8. The third-order valence-corrected chi connectivity index (χ3v) is 5.59. The molecular formula is C16H23ClN4. The maximum absolute atomic E-state index is 9.71. The van der Waals surface area contributed by atoms with Crippen LogP contribution in [-0.2, 0) is 6.54 Å². The molecule has 3 rings (SSSR count). The van der Waals surface area contributed by atoms with Crippen molar-refractivity contribution >= 4 is 11.6 Å². The van der Waals surface area contributed by atoms with E-state index < -0.39 is 0 Å². The Morgan fingerprint density at radius 1 is 1.43 bits per heavy atom. The summed E-state index contributed by atoms with van der Waals surface area (Å²) in [6.45, 7) is 4.80. The van der Waals surface area contributed by atoms with Gasteiger partial charge in [0.1, 0.15) is 5.54 Å². The fourth-order valence-corrected chi connectivity index (χ4v) is 3.74. The second kappa shape index (κ2) is 5.62. The van der Waals surface area contributed by atoms with E-state index in [1.807, 2.05) is 18.5 Å². The van der Waals surface area contributed by atoms with Crippen LogP contribution in [0.2, 0.25) is 5.02 Å². The summed E-state index contributed by atoms with van der Waals surface area (Å²) in [5.74, 6) is 0.422. The third-order valence-electron chi connectivity index (χ3n) is 5.04. The number of aromatic nitrogens is 2. The van der Waals surface area contributed by atoms with Crippen LogP contribution in [0.15, 0.2) is 0 Å². The van der Waals surface area contributed by atoms with Crippen LogP contribution in [0, 0.1) is 31.1 Å². The second-order valence-electron chi connectivity index (χ2n) is 6.59. The van der Waals surface area contributed by atoms with Gasteiger partial charge in [0.2, 0.25) is 0 Å². The number of nitrogens with zero attached hydrogens (tertiary/aromatic N) is 3. The average Bonchev–Trinajstić information content (AvgIpc) is 3.15. The van der Waals surface area contributed by atoms with Gasteiger partial charge in [-0.2, -0.15) is 10.4 Å². The highest BCUT2D eigenvalue weighted by Crippen LogP contribution is 2.40. The molecule has 4 nitrogen and oxygen atoms in total. The molecule has 2 fully saturated rings. The Balaban J connectivity index is 1.68. The number of aryl methyl sites for hydroxylation is 2. The molecule has 0 radical (unpaired) electrons. The van der Waals surface area contributed by atoms with Gasteiger partial charge in [0.25, 0.3) is 0 Å². The van der Waals surface area contributed by atoms with Crippen LogP contribution in [0.4, 0.5) is 0 Å². The van der Waals surface area contributed by atoms with Gasteiger partial charge >= 0.3 is 0 Å². The fourth-order valence-electron chi connectivity index (χ4n) is 3.60. The van der Waals surface area contributed by atoms with Crippen molar-refractivity contribution in [2.45, 2.75) is 70.5 Å². The Hall–Kier alpha value is -1.05. The Morgan fingerprint density at radius 2 is 2.19 bits per heavy atom. The van der Waals surface area contributed by atoms with E-state index >= 15 is 0 Å². The van der Waals surface area contributed by atoms with Gasteiger partial charge < -0.3 is 0 Å². The van der Waals surface area contributed by atoms with Gasteiger partial charge in [-0.15, -0.1) is 0 Å². The van der Waals surface area contributed by atoms with Crippen molar-refractivity contribution in [2.75, 3.05) is 0 Å². The molecule has 2 aliphatic carbocycles. The van der Waals surface area contributed by atoms with Crippen molar-refractivity contribution in [2.24, 2.45) is 5.92 Å². The van der Waals surface area contributed by atoms with Crippen molar-refractivity contribution in [3.8, 4) is 6.07 Å². The number of hydrogen-bond acceptors (Lipinski definition) is 3. The van der Waals surface area contributed by atoms with E-state index in [0.29, 0.717) is 12.0 Å². The summed E-state index contributed by atoms with van der Waals surface area (Å²) in [4.78, 5) is 0. The molecule has 1 aromatic heterocycles. The van der Waals surface area contributed by atoms with E-state index in [1.165, 1.54) is 12.8 Å². The van der Waals surface area contributed by atoms with Crippen LogP contribution in [-0.4, -0.2) is 21.4 Å². The largest absolute Gasteiger partial charge is 0.296 e. The highest BCUT2D eigenvalue weighted by Gasteiger charge is 2.45. The van der Waals surface area contributed by atoms with Crippen molar-refractivity contribution < 1.29 is 0 Å². The lowest BCUT2D eigenvalue weighted by Crippen LogP contribution is -2.48. The summed E-state index contributed by atoms with van der Waals surface area (Å²) in [6.07, 6.45) is 6.72. The predicted molar refractivity (Wildman–Crippen MR) is 83.2 cm³/mol. The Labute approximate surface area is 131 Å². The fraction of sp³-hybridized carbons (Fsp3) is 0.750. The molecule has 0 aliphatic heterocycles. The quantitative estimate of drug-likeness (QED) is 0.907. The first-order valence-corrected chi connectivity index (χ1v) is 8.32. The number of hydrogen-bond donors (Lipinski definition) is 1. The summed E-state index contributed by atoms with van der Waals surface area (Å²) in [5, 5.41) is 18.6. The van der Waals surface area contributed by atoms with E-state index in [-0.39, 0.29) is 5.54 Å². The molecule has 0 aromatic carbocycles. The summed E-state index contributed by atoms with van der Waals surface area (Å²) in [6, 6.07) is 3.18. The van der Waals surface area contributed by atoms with E-state index in [2.05, 4.69) is 16.5 Å². The van der Waals surface area contributed by atoms with Gasteiger partial charge in [0, 0.05) is 12.6 Å². The molecule has 5 heteroatoms. The normalized spacial score (nSPS) is 28.8. The number of rotatable bonds is 5. The van der Waals surface area contributed by atoms with Gasteiger partial charge in [0.15, 0.2) is 0 Å². The van der Waals surface area contributed by atoms with Crippen molar-refractivity contribution in [1.29, 1.82) is 5.26 Å². The molecule has 1 aromatic rings. The SMILES string of the molecule is Cc1nn(CCC2CCCC2(C#N)NC2CC2)c(C)c1Cl. The lowest BCUT2D eigenvalue weighted by molar-refractivity contribution is 0.283. The Morgan fingerprint density at radius 3 is 2.76 bits per heavy atom. The standard InChI is InChI=1S/C16H23ClN4/c1-11-15(17)12(2)21(20-11)9-7-13-4-3-8-16(13,10-18)19-14-5-6-14/h13-14,19H,3-9H2,1-2H3. The zero-order valence-corrected chi connectivity index (χ0v) is 13.6. The van der Waals surface area contributed by atoms with Gasteiger partial charge in [-0.3, -0.25) is 10.00 Å². The minimum atomic E-state index is -0.305. The lowest BCUT2D eigenvalue weighted by atomic mass is 9.85. The molecular weight excluding hydrogens is 284 g/mol. The molecule has 114 valence electrons. The third kappa shape index (κ3) is 2.82. The molecule has 0 saturated heterocycles. The van der Waals surface area contributed by atoms with Gasteiger partial charge in [-0.25, -0.2) is 0 Å². The molecule has 0 amide bonds.